The Labute approximate surface area is 135 Å². The maximum Gasteiger partial charge on any atom is 0.123 e. The maximum atomic E-state index is 5.46. The highest BCUT2D eigenvalue weighted by molar-refractivity contribution is 9.10. The fourth-order valence-corrected chi connectivity index (χ4v) is 3.01. The Bertz CT molecular complexity index is 585. The summed E-state index contributed by atoms with van der Waals surface area (Å²) in [5.41, 5.74) is 2.49. The van der Waals surface area contributed by atoms with Gasteiger partial charge in [-0.3, -0.25) is 0 Å². The molecule has 0 radical (unpaired) electrons. The molecule has 0 spiro atoms. The Balaban J connectivity index is 2.18. The van der Waals surface area contributed by atoms with Crippen LogP contribution in [0.25, 0.3) is 0 Å². The molecular weight excluding hydrogens is 326 g/mol. The van der Waals surface area contributed by atoms with Gasteiger partial charge in [-0.15, -0.1) is 0 Å². The van der Waals surface area contributed by atoms with Crippen LogP contribution in [-0.2, 0) is 0 Å². The van der Waals surface area contributed by atoms with Crippen molar-refractivity contribution in [1.29, 1.82) is 0 Å². The second kappa shape index (κ2) is 7.62. The zero-order valence-electron chi connectivity index (χ0n) is 12.8. The highest BCUT2D eigenvalue weighted by atomic mass is 79.9. The van der Waals surface area contributed by atoms with Crippen molar-refractivity contribution in [3.8, 4) is 5.75 Å². The largest absolute Gasteiger partial charge is 0.496 e. The Morgan fingerprint density at radius 3 is 2.57 bits per heavy atom. The quantitative estimate of drug-likeness (QED) is 0.769. The topological polar surface area (TPSA) is 21.3 Å². The van der Waals surface area contributed by atoms with Gasteiger partial charge in [0.05, 0.1) is 7.11 Å². The van der Waals surface area contributed by atoms with E-state index in [1.165, 1.54) is 11.1 Å². The number of ether oxygens (including phenoxy) is 1. The molecule has 0 aliphatic carbocycles. The van der Waals surface area contributed by atoms with Crippen LogP contribution < -0.4 is 10.1 Å². The molecule has 3 heteroatoms. The van der Waals surface area contributed by atoms with Gasteiger partial charge in [0.15, 0.2) is 0 Å². The van der Waals surface area contributed by atoms with Crippen molar-refractivity contribution in [3.05, 3.63) is 64.1 Å². The third kappa shape index (κ3) is 4.08. The average molecular weight is 348 g/mol. The normalized spacial score (nSPS) is 13.7. The first-order chi connectivity index (χ1) is 10.2. The summed E-state index contributed by atoms with van der Waals surface area (Å²) in [6.07, 6.45) is 1.04. The second-order valence-corrected chi connectivity index (χ2v) is 6.06. The fraction of sp³-hybridized carbons (Fsp3) is 0.333. The van der Waals surface area contributed by atoms with Crippen LogP contribution in [0.2, 0.25) is 0 Å². The first-order valence-electron chi connectivity index (χ1n) is 7.30. The summed E-state index contributed by atoms with van der Waals surface area (Å²) in [5, 5.41) is 3.70. The number of halogens is 1. The average Bonchev–Trinajstić information content (AvgIpc) is 2.52. The van der Waals surface area contributed by atoms with Crippen molar-refractivity contribution in [3.63, 3.8) is 0 Å². The van der Waals surface area contributed by atoms with E-state index in [4.69, 9.17) is 4.74 Å². The molecular formula is C18H22BrNO. The van der Waals surface area contributed by atoms with Crippen molar-refractivity contribution < 1.29 is 4.74 Å². The van der Waals surface area contributed by atoms with Gasteiger partial charge < -0.3 is 10.1 Å². The number of para-hydroxylation sites is 1. The molecule has 0 aliphatic rings. The predicted octanol–water partition coefficient (Wildman–Crippen LogP) is 5.26. The Hall–Kier alpha value is -1.32. The van der Waals surface area contributed by atoms with Crippen molar-refractivity contribution in [1.82, 2.24) is 5.32 Å². The van der Waals surface area contributed by atoms with E-state index in [0.717, 1.165) is 16.6 Å². The molecule has 112 valence electrons. The standard InChI is InChI=1S/C18H22BrNO/c1-4-17(14-8-7-9-15(19)12-14)20-13(2)16-10-5-6-11-18(16)21-3/h5-13,17,20H,4H2,1-3H3. The van der Waals surface area contributed by atoms with Crippen LogP contribution in [-0.4, -0.2) is 7.11 Å². The molecule has 0 saturated heterocycles. The van der Waals surface area contributed by atoms with Crippen molar-refractivity contribution in [2.75, 3.05) is 7.11 Å². The van der Waals surface area contributed by atoms with Crippen LogP contribution in [0.15, 0.2) is 53.0 Å². The van der Waals surface area contributed by atoms with Gasteiger partial charge in [0.25, 0.3) is 0 Å². The number of rotatable bonds is 6. The Kier molecular flexibility index (Phi) is 5.83. The van der Waals surface area contributed by atoms with Gasteiger partial charge in [0.2, 0.25) is 0 Å². The molecule has 2 nitrogen and oxygen atoms in total. The van der Waals surface area contributed by atoms with Crippen LogP contribution >= 0.6 is 15.9 Å². The number of hydrogen-bond acceptors (Lipinski definition) is 2. The molecule has 2 aromatic rings. The molecule has 2 unspecified atom stereocenters. The van der Waals surface area contributed by atoms with E-state index in [1.54, 1.807) is 7.11 Å². The zero-order valence-corrected chi connectivity index (χ0v) is 14.4. The molecule has 0 fully saturated rings. The smallest absolute Gasteiger partial charge is 0.123 e. The first kappa shape index (κ1) is 16.1. The van der Waals surface area contributed by atoms with Gasteiger partial charge in [0, 0.05) is 22.1 Å². The minimum absolute atomic E-state index is 0.227. The number of methoxy groups -OCH3 is 1. The molecule has 1 N–H and O–H groups in total. The third-order valence-corrected chi connectivity index (χ3v) is 4.21. The van der Waals surface area contributed by atoms with E-state index >= 15 is 0 Å². The van der Waals surface area contributed by atoms with Crippen LogP contribution in [0, 0.1) is 0 Å². The summed E-state index contributed by atoms with van der Waals surface area (Å²) in [6, 6.07) is 17.2. The van der Waals surface area contributed by atoms with Crippen LogP contribution in [0.4, 0.5) is 0 Å². The van der Waals surface area contributed by atoms with Crippen LogP contribution in [0.5, 0.6) is 5.75 Å². The van der Waals surface area contributed by atoms with Gasteiger partial charge in [-0.1, -0.05) is 53.2 Å². The predicted molar refractivity (Wildman–Crippen MR) is 91.7 cm³/mol. The van der Waals surface area contributed by atoms with Gasteiger partial charge in [-0.05, 0) is 37.1 Å². The van der Waals surface area contributed by atoms with Gasteiger partial charge in [-0.25, -0.2) is 0 Å². The molecule has 0 aromatic heterocycles. The molecule has 2 rings (SSSR count). The lowest BCUT2D eigenvalue weighted by molar-refractivity contribution is 0.392. The lowest BCUT2D eigenvalue weighted by Crippen LogP contribution is -2.24. The van der Waals surface area contributed by atoms with Crippen LogP contribution in [0.1, 0.15) is 43.5 Å². The summed E-state index contributed by atoms with van der Waals surface area (Å²) in [6.45, 7) is 4.38. The number of benzene rings is 2. The summed E-state index contributed by atoms with van der Waals surface area (Å²) in [5.74, 6) is 0.932. The third-order valence-electron chi connectivity index (χ3n) is 3.72. The van der Waals surface area contributed by atoms with Gasteiger partial charge >= 0.3 is 0 Å². The van der Waals surface area contributed by atoms with E-state index < -0.39 is 0 Å². The van der Waals surface area contributed by atoms with E-state index in [2.05, 4.69) is 71.5 Å². The maximum absolute atomic E-state index is 5.46. The summed E-state index contributed by atoms with van der Waals surface area (Å²) >= 11 is 3.55. The molecule has 2 aromatic carbocycles. The Morgan fingerprint density at radius 1 is 1.14 bits per heavy atom. The fourth-order valence-electron chi connectivity index (χ4n) is 2.59. The molecule has 2 atom stereocenters. The molecule has 0 aliphatic heterocycles. The summed E-state index contributed by atoms with van der Waals surface area (Å²) < 4.78 is 6.57. The second-order valence-electron chi connectivity index (χ2n) is 5.15. The SMILES string of the molecule is CCC(NC(C)c1ccccc1OC)c1cccc(Br)c1. The van der Waals surface area contributed by atoms with Crippen molar-refractivity contribution in [2.45, 2.75) is 32.4 Å². The minimum Gasteiger partial charge on any atom is -0.496 e. The summed E-state index contributed by atoms with van der Waals surface area (Å²) in [4.78, 5) is 0. The zero-order chi connectivity index (χ0) is 15.2. The number of nitrogens with one attached hydrogen (secondary N) is 1. The van der Waals surface area contributed by atoms with E-state index in [-0.39, 0.29) is 6.04 Å². The molecule has 0 bridgehead atoms. The first-order valence-corrected chi connectivity index (χ1v) is 8.09. The molecule has 0 heterocycles. The summed E-state index contributed by atoms with van der Waals surface area (Å²) in [7, 11) is 1.72. The molecule has 21 heavy (non-hydrogen) atoms. The highest BCUT2D eigenvalue weighted by Gasteiger charge is 2.16. The van der Waals surface area contributed by atoms with E-state index in [0.29, 0.717) is 6.04 Å². The lowest BCUT2D eigenvalue weighted by Gasteiger charge is -2.24. The van der Waals surface area contributed by atoms with E-state index in [9.17, 15) is 0 Å². The Morgan fingerprint density at radius 2 is 1.90 bits per heavy atom. The molecule has 0 saturated carbocycles. The van der Waals surface area contributed by atoms with Crippen LogP contribution in [0.3, 0.4) is 0 Å². The minimum atomic E-state index is 0.227. The monoisotopic (exact) mass is 347 g/mol. The number of hydrogen-bond donors (Lipinski definition) is 1. The van der Waals surface area contributed by atoms with Gasteiger partial charge in [0.1, 0.15) is 5.75 Å². The van der Waals surface area contributed by atoms with E-state index in [1.807, 2.05) is 12.1 Å². The highest BCUT2D eigenvalue weighted by Crippen LogP contribution is 2.28. The van der Waals surface area contributed by atoms with Crippen molar-refractivity contribution >= 4 is 15.9 Å². The molecule has 0 amide bonds. The van der Waals surface area contributed by atoms with Crippen molar-refractivity contribution in [2.24, 2.45) is 0 Å². The lowest BCUT2D eigenvalue weighted by atomic mass is 10.0. The van der Waals surface area contributed by atoms with Gasteiger partial charge in [-0.2, -0.15) is 0 Å².